The molecule has 1 heterocycles. The van der Waals surface area contributed by atoms with E-state index in [-0.39, 0.29) is 5.92 Å². The number of hydrogen-bond acceptors (Lipinski definition) is 0. The molecular formula is C70H45N. The van der Waals surface area contributed by atoms with Crippen molar-refractivity contribution in [3.05, 3.63) is 306 Å². The highest BCUT2D eigenvalue weighted by molar-refractivity contribution is 6.12. The summed E-state index contributed by atoms with van der Waals surface area (Å²) in [5.41, 5.74) is 22.3. The maximum Gasteiger partial charge on any atom is 0.0714 e. The molecule has 1 aromatic heterocycles. The van der Waals surface area contributed by atoms with Gasteiger partial charge in [0.1, 0.15) is 0 Å². The zero-order valence-electron chi connectivity index (χ0n) is 38.9. The lowest BCUT2D eigenvalue weighted by molar-refractivity contribution is 0.768. The van der Waals surface area contributed by atoms with Crippen LogP contribution < -0.4 is 0 Å². The van der Waals surface area contributed by atoms with Crippen molar-refractivity contribution in [3.8, 4) is 50.2 Å². The number of benzene rings is 12. The van der Waals surface area contributed by atoms with Crippen molar-refractivity contribution in [1.29, 1.82) is 0 Å². The molecule has 0 fully saturated rings. The summed E-state index contributed by atoms with van der Waals surface area (Å²) < 4.78 is 2.49. The average molecular weight is 900 g/mol. The van der Waals surface area contributed by atoms with E-state index < -0.39 is 5.41 Å². The zero-order valence-corrected chi connectivity index (χ0v) is 38.9. The first-order valence-corrected chi connectivity index (χ1v) is 24.9. The van der Waals surface area contributed by atoms with Crippen molar-refractivity contribution >= 4 is 43.4 Å². The van der Waals surface area contributed by atoms with Crippen LogP contribution in [0.5, 0.6) is 0 Å². The van der Waals surface area contributed by atoms with E-state index in [1.165, 1.54) is 127 Å². The summed E-state index contributed by atoms with van der Waals surface area (Å²) >= 11 is 0. The predicted molar refractivity (Wildman–Crippen MR) is 297 cm³/mol. The number of para-hydroxylation sites is 1. The first kappa shape index (κ1) is 39.9. The largest absolute Gasteiger partial charge is 0.309 e. The summed E-state index contributed by atoms with van der Waals surface area (Å²) in [7, 11) is 0. The van der Waals surface area contributed by atoms with Crippen LogP contribution in [-0.4, -0.2) is 4.57 Å². The Balaban J connectivity index is 0.944. The molecule has 1 unspecified atom stereocenters. The normalized spacial score (nSPS) is 14.2. The number of rotatable bonds is 6. The van der Waals surface area contributed by atoms with E-state index in [9.17, 15) is 0 Å². The molecule has 13 aromatic rings. The number of hydrogen-bond donors (Lipinski definition) is 0. The molecule has 0 saturated carbocycles. The number of nitrogens with zero attached hydrogens (tertiary/aromatic N) is 1. The topological polar surface area (TPSA) is 4.93 Å². The third-order valence-electron chi connectivity index (χ3n) is 15.9. The number of fused-ring (bicyclic) bond motifs is 12. The van der Waals surface area contributed by atoms with Gasteiger partial charge in [0.25, 0.3) is 0 Å². The van der Waals surface area contributed by atoms with Crippen LogP contribution >= 0.6 is 0 Å². The first-order chi connectivity index (χ1) is 35.2. The van der Waals surface area contributed by atoms with Crippen molar-refractivity contribution in [2.45, 2.75) is 11.3 Å². The molecule has 2 aliphatic carbocycles. The number of aromatic nitrogens is 1. The maximum absolute atomic E-state index is 2.55. The van der Waals surface area contributed by atoms with Crippen LogP contribution in [0, 0.1) is 0 Å². The lowest BCUT2D eigenvalue weighted by atomic mass is 9.67. The molecule has 0 amide bonds. The van der Waals surface area contributed by atoms with Crippen LogP contribution in [0.15, 0.2) is 267 Å². The van der Waals surface area contributed by atoms with Crippen LogP contribution in [0.4, 0.5) is 0 Å². The molecule has 2 aliphatic rings. The lowest BCUT2D eigenvalue weighted by Gasteiger charge is -2.34. The fourth-order valence-corrected chi connectivity index (χ4v) is 12.8. The van der Waals surface area contributed by atoms with Gasteiger partial charge in [-0.15, -0.1) is 0 Å². The summed E-state index contributed by atoms with van der Waals surface area (Å²) in [6, 6.07) is 100. The fraction of sp³-hybridized carbons (Fsp3) is 0.0286. The molecule has 0 saturated heterocycles. The highest BCUT2D eigenvalue weighted by Crippen LogP contribution is 2.58. The molecule has 12 aromatic carbocycles. The lowest BCUT2D eigenvalue weighted by Crippen LogP contribution is -2.28. The second-order valence-corrected chi connectivity index (χ2v) is 19.5. The Labute approximate surface area is 413 Å². The molecule has 71 heavy (non-hydrogen) atoms. The quantitative estimate of drug-likeness (QED) is 0.147. The van der Waals surface area contributed by atoms with Gasteiger partial charge in [-0.3, -0.25) is 0 Å². The van der Waals surface area contributed by atoms with E-state index in [0.717, 1.165) is 5.69 Å². The SMILES string of the molecule is c1ccc(-c2ccc3c(c2)C(c2ccc4c(ccc5cc6c(cc54)C(c4ccccc4)(c4ccccc4)c4cc(-n5c7ccccc7c7ccc(-c8ccccc8)cc75)ccc4-6)c2)c2ccccc2-3)cc1. The van der Waals surface area contributed by atoms with Crippen LogP contribution in [0.2, 0.25) is 0 Å². The summed E-state index contributed by atoms with van der Waals surface area (Å²) in [4.78, 5) is 0. The molecule has 330 valence electrons. The Morgan fingerprint density at radius 1 is 0.296 bits per heavy atom. The summed E-state index contributed by atoms with van der Waals surface area (Å²) in [5, 5.41) is 7.54. The van der Waals surface area contributed by atoms with Gasteiger partial charge in [-0.2, -0.15) is 0 Å². The van der Waals surface area contributed by atoms with Crippen LogP contribution in [0.25, 0.3) is 93.5 Å². The van der Waals surface area contributed by atoms with Gasteiger partial charge >= 0.3 is 0 Å². The van der Waals surface area contributed by atoms with Crippen molar-refractivity contribution < 1.29 is 0 Å². The minimum atomic E-state index is -0.596. The molecule has 0 aliphatic heterocycles. The molecule has 0 N–H and O–H groups in total. The van der Waals surface area contributed by atoms with E-state index in [1.807, 2.05) is 0 Å². The van der Waals surface area contributed by atoms with Crippen molar-refractivity contribution in [2.24, 2.45) is 0 Å². The van der Waals surface area contributed by atoms with Crippen molar-refractivity contribution in [2.75, 3.05) is 0 Å². The van der Waals surface area contributed by atoms with Gasteiger partial charge in [0.15, 0.2) is 0 Å². The summed E-state index contributed by atoms with van der Waals surface area (Å²) in [5.74, 6) is 0.136. The third kappa shape index (κ3) is 5.87. The standard InChI is InChI=1S/C70H45N/c1-5-17-45(18-6-1)47-31-36-57-56-25-13-14-27-61(56)69(64(57)40-47)51-33-35-55-49(39-51)29-30-50-41-63-58-38-34-54(71-67-28-16-15-26-59(67)60-37-32-48(42-68(60)71)46-19-7-2-8-20-46)43-65(58)70(66(63)44-62(50)55,52-21-9-3-10-22-52)53-23-11-4-12-24-53/h1-44,69H. The molecule has 1 atom stereocenters. The average Bonchev–Trinajstić information content (AvgIpc) is 4.06. The highest BCUT2D eigenvalue weighted by Gasteiger charge is 2.46. The van der Waals surface area contributed by atoms with Crippen LogP contribution in [0.3, 0.4) is 0 Å². The molecule has 0 bridgehead atoms. The second-order valence-electron chi connectivity index (χ2n) is 19.5. The molecule has 0 radical (unpaired) electrons. The van der Waals surface area contributed by atoms with Crippen molar-refractivity contribution in [3.63, 3.8) is 0 Å². The molecular weight excluding hydrogens is 855 g/mol. The predicted octanol–water partition coefficient (Wildman–Crippen LogP) is 17.9. The Morgan fingerprint density at radius 2 is 0.859 bits per heavy atom. The molecule has 15 rings (SSSR count). The van der Waals surface area contributed by atoms with Gasteiger partial charge < -0.3 is 4.57 Å². The summed E-state index contributed by atoms with van der Waals surface area (Å²) in [6.07, 6.45) is 0. The fourth-order valence-electron chi connectivity index (χ4n) is 12.8. The Morgan fingerprint density at radius 3 is 1.61 bits per heavy atom. The van der Waals surface area contributed by atoms with E-state index in [0.29, 0.717) is 0 Å². The van der Waals surface area contributed by atoms with E-state index in [2.05, 4.69) is 271 Å². The minimum absolute atomic E-state index is 0.136. The zero-order chi connectivity index (χ0) is 46.6. The van der Waals surface area contributed by atoms with Crippen molar-refractivity contribution in [1.82, 2.24) is 4.57 Å². The Bertz CT molecular complexity index is 4220. The highest BCUT2D eigenvalue weighted by atomic mass is 15.0. The van der Waals surface area contributed by atoms with E-state index in [1.54, 1.807) is 0 Å². The third-order valence-corrected chi connectivity index (χ3v) is 15.9. The van der Waals surface area contributed by atoms with Gasteiger partial charge in [0.05, 0.1) is 16.4 Å². The Hall–Kier alpha value is -9.04. The smallest absolute Gasteiger partial charge is 0.0714 e. The maximum atomic E-state index is 2.55. The van der Waals surface area contributed by atoms with Gasteiger partial charge in [-0.1, -0.05) is 224 Å². The second kappa shape index (κ2) is 15.5. The molecule has 1 heteroatoms. The first-order valence-electron chi connectivity index (χ1n) is 24.9. The van der Waals surface area contributed by atoms with Crippen LogP contribution in [0.1, 0.15) is 44.9 Å². The van der Waals surface area contributed by atoms with Gasteiger partial charge in [0, 0.05) is 22.4 Å². The van der Waals surface area contributed by atoms with Gasteiger partial charge in [-0.05, 0) is 147 Å². The molecule has 0 spiro atoms. The van der Waals surface area contributed by atoms with E-state index >= 15 is 0 Å². The van der Waals surface area contributed by atoms with Gasteiger partial charge in [0.2, 0.25) is 0 Å². The monoisotopic (exact) mass is 899 g/mol. The minimum Gasteiger partial charge on any atom is -0.309 e. The Kier molecular flexibility index (Phi) is 8.70. The summed E-state index contributed by atoms with van der Waals surface area (Å²) in [6.45, 7) is 0. The van der Waals surface area contributed by atoms with Gasteiger partial charge in [-0.25, -0.2) is 0 Å². The molecule has 1 nitrogen and oxygen atoms in total. The van der Waals surface area contributed by atoms with E-state index in [4.69, 9.17) is 0 Å². The van der Waals surface area contributed by atoms with Crippen LogP contribution in [-0.2, 0) is 5.41 Å².